The van der Waals surface area contributed by atoms with Gasteiger partial charge >= 0.3 is 0 Å². The fraction of sp³-hybridized carbons (Fsp3) is 0.267. The van der Waals surface area contributed by atoms with Gasteiger partial charge in [-0.05, 0) is 41.1 Å². The molecule has 3 aromatic rings. The van der Waals surface area contributed by atoms with E-state index in [1.165, 1.54) is 6.07 Å². The van der Waals surface area contributed by atoms with Crippen molar-refractivity contribution >= 4 is 38.6 Å². The minimum absolute atomic E-state index is 0.0653. The maximum atomic E-state index is 13.8. The van der Waals surface area contributed by atoms with Crippen LogP contribution in [-0.4, -0.2) is 9.55 Å². The van der Waals surface area contributed by atoms with Crippen molar-refractivity contribution in [2.24, 2.45) is 0 Å². The van der Waals surface area contributed by atoms with E-state index in [4.69, 9.17) is 16.0 Å². The average molecular weight is 372 g/mol. The zero-order chi connectivity index (χ0) is 15.0. The number of rotatable bonds is 4. The van der Waals surface area contributed by atoms with E-state index in [1.807, 2.05) is 23.6 Å². The van der Waals surface area contributed by atoms with E-state index in [1.54, 1.807) is 12.3 Å². The number of aromatic nitrogens is 2. The Morgan fingerprint density at radius 3 is 2.95 bits per heavy atom. The lowest BCUT2D eigenvalue weighted by atomic mass is 10.2. The van der Waals surface area contributed by atoms with Crippen molar-refractivity contribution in [3.8, 4) is 0 Å². The molecule has 1 aromatic carbocycles. The van der Waals surface area contributed by atoms with Crippen LogP contribution in [-0.2, 0) is 12.3 Å². The normalized spacial score (nSPS) is 13.0. The Morgan fingerprint density at radius 1 is 1.48 bits per heavy atom. The maximum Gasteiger partial charge on any atom is 0.139 e. The van der Waals surface area contributed by atoms with Gasteiger partial charge < -0.3 is 8.98 Å². The van der Waals surface area contributed by atoms with Crippen LogP contribution >= 0.6 is 27.5 Å². The number of fused-ring (bicyclic) bond motifs is 1. The highest BCUT2D eigenvalue weighted by atomic mass is 79.9. The fourth-order valence-electron chi connectivity index (χ4n) is 2.54. The topological polar surface area (TPSA) is 31.0 Å². The van der Waals surface area contributed by atoms with Crippen molar-refractivity contribution in [1.82, 2.24) is 9.55 Å². The lowest BCUT2D eigenvalue weighted by Crippen LogP contribution is -2.11. The van der Waals surface area contributed by atoms with Gasteiger partial charge in [-0.2, -0.15) is 0 Å². The molecule has 0 aliphatic rings. The van der Waals surface area contributed by atoms with E-state index in [9.17, 15) is 4.39 Å². The van der Waals surface area contributed by atoms with Crippen LogP contribution in [0.4, 0.5) is 4.39 Å². The number of alkyl halides is 1. The standard InChI is InChI=1S/C15H13BrClFN2O/c1-9(5-10-3-2-4-21-10)20-14-7-12(18)11(16)6-13(14)19-15(20)8-17/h2-4,6-7,9H,5,8H2,1H3. The van der Waals surface area contributed by atoms with E-state index >= 15 is 0 Å². The molecule has 2 aromatic heterocycles. The second kappa shape index (κ2) is 5.81. The van der Waals surface area contributed by atoms with Gasteiger partial charge in [-0.3, -0.25) is 0 Å². The van der Waals surface area contributed by atoms with Gasteiger partial charge in [-0.15, -0.1) is 11.6 Å². The summed E-state index contributed by atoms with van der Waals surface area (Å²) in [5, 5.41) is 0. The molecular formula is C15H13BrClFN2O. The molecule has 1 unspecified atom stereocenters. The number of furan rings is 1. The number of hydrogen-bond donors (Lipinski definition) is 0. The molecular weight excluding hydrogens is 359 g/mol. The van der Waals surface area contributed by atoms with Gasteiger partial charge in [0.15, 0.2) is 0 Å². The summed E-state index contributed by atoms with van der Waals surface area (Å²) < 4.78 is 21.6. The predicted octanol–water partition coefficient (Wildman–Crippen LogP) is 5.07. The molecule has 0 bridgehead atoms. The number of halogens is 3. The van der Waals surface area contributed by atoms with E-state index in [-0.39, 0.29) is 17.7 Å². The largest absolute Gasteiger partial charge is 0.469 e. The number of hydrogen-bond acceptors (Lipinski definition) is 2. The monoisotopic (exact) mass is 370 g/mol. The summed E-state index contributed by atoms with van der Waals surface area (Å²) in [4.78, 5) is 4.49. The maximum absolute atomic E-state index is 13.8. The van der Waals surface area contributed by atoms with Crippen LogP contribution in [0.2, 0.25) is 0 Å². The van der Waals surface area contributed by atoms with Crippen molar-refractivity contribution in [1.29, 1.82) is 0 Å². The Labute approximate surface area is 134 Å². The van der Waals surface area contributed by atoms with Crippen molar-refractivity contribution in [3.05, 3.63) is 52.4 Å². The molecule has 0 spiro atoms. The van der Waals surface area contributed by atoms with Gasteiger partial charge in [0.1, 0.15) is 17.4 Å². The molecule has 0 radical (unpaired) electrons. The minimum Gasteiger partial charge on any atom is -0.469 e. The third kappa shape index (κ3) is 2.72. The third-order valence-electron chi connectivity index (χ3n) is 3.44. The zero-order valence-electron chi connectivity index (χ0n) is 11.3. The van der Waals surface area contributed by atoms with Gasteiger partial charge in [0.2, 0.25) is 0 Å². The SMILES string of the molecule is CC(Cc1ccco1)n1c(CCl)nc2cc(Br)c(F)cc21. The van der Waals surface area contributed by atoms with Crippen LogP contribution in [0.15, 0.2) is 39.4 Å². The molecule has 0 saturated carbocycles. The second-order valence-electron chi connectivity index (χ2n) is 4.92. The average Bonchev–Trinajstić information content (AvgIpc) is 3.06. The lowest BCUT2D eigenvalue weighted by molar-refractivity contribution is 0.449. The quantitative estimate of drug-likeness (QED) is 0.599. The zero-order valence-corrected chi connectivity index (χ0v) is 13.7. The molecule has 0 N–H and O–H groups in total. The van der Waals surface area contributed by atoms with Gasteiger partial charge in [-0.25, -0.2) is 9.37 Å². The highest BCUT2D eigenvalue weighted by Crippen LogP contribution is 2.28. The smallest absolute Gasteiger partial charge is 0.139 e. The molecule has 0 amide bonds. The summed E-state index contributed by atoms with van der Waals surface area (Å²) in [7, 11) is 0. The summed E-state index contributed by atoms with van der Waals surface area (Å²) in [6.07, 6.45) is 2.34. The number of benzene rings is 1. The molecule has 0 aliphatic carbocycles. The Hall–Kier alpha value is -1.33. The molecule has 1 atom stereocenters. The minimum atomic E-state index is -0.310. The first-order valence-electron chi connectivity index (χ1n) is 6.54. The molecule has 3 rings (SSSR count). The van der Waals surface area contributed by atoms with Crippen LogP contribution in [0, 0.1) is 5.82 Å². The second-order valence-corrected chi connectivity index (χ2v) is 6.04. The Kier molecular flexibility index (Phi) is 4.04. The first kappa shape index (κ1) is 14.6. The van der Waals surface area contributed by atoms with Crippen molar-refractivity contribution in [2.45, 2.75) is 25.3 Å². The predicted molar refractivity (Wildman–Crippen MR) is 84.1 cm³/mol. The lowest BCUT2D eigenvalue weighted by Gasteiger charge is -2.16. The summed E-state index contributed by atoms with van der Waals surface area (Å²) in [6, 6.07) is 7.01. The molecule has 21 heavy (non-hydrogen) atoms. The first-order valence-corrected chi connectivity index (χ1v) is 7.87. The van der Waals surface area contributed by atoms with E-state index < -0.39 is 0 Å². The van der Waals surface area contributed by atoms with Crippen LogP contribution in [0.5, 0.6) is 0 Å². The molecule has 6 heteroatoms. The Bertz CT molecular complexity index is 770. The van der Waals surface area contributed by atoms with Crippen LogP contribution in [0.1, 0.15) is 24.6 Å². The van der Waals surface area contributed by atoms with E-state index in [0.29, 0.717) is 10.9 Å². The van der Waals surface area contributed by atoms with Crippen molar-refractivity contribution in [3.63, 3.8) is 0 Å². The van der Waals surface area contributed by atoms with Gasteiger partial charge in [0, 0.05) is 18.5 Å². The highest BCUT2D eigenvalue weighted by molar-refractivity contribution is 9.10. The molecule has 0 aliphatic heterocycles. The number of nitrogens with zero attached hydrogens (tertiary/aromatic N) is 2. The third-order valence-corrected chi connectivity index (χ3v) is 4.29. The molecule has 2 heterocycles. The molecule has 0 fully saturated rings. The fourth-order valence-corrected chi connectivity index (χ4v) is 3.06. The number of imidazole rings is 1. The van der Waals surface area contributed by atoms with Crippen LogP contribution < -0.4 is 0 Å². The molecule has 0 saturated heterocycles. The Balaban J connectivity index is 2.09. The van der Waals surface area contributed by atoms with Crippen LogP contribution in [0.3, 0.4) is 0 Å². The van der Waals surface area contributed by atoms with Crippen molar-refractivity contribution < 1.29 is 8.81 Å². The van der Waals surface area contributed by atoms with Crippen LogP contribution in [0.25, 0.3) is 11.0 Å². The highest BCUT2D eigenvalue weighted by Gasteiger charge is 2.18. The van der Waals surface area contributed by atoms with E-state index in [0.717, 1.165) is 22.6 Å². The van der Waals surface area contributed by atoms with Gasteiger partial charge in [-0.1, -0.05) is 0 Å². The van der Waals surface area contributed by atoms with E-state index in [2.05, 4.69) is 20.9 Å². The molecule has 3 nitrogen and oxygen atoms in total. The van der Waals surface area contributed by atoms with Crippen molar-refractivity contribution in [2.75, 3.05) is 0 Å². The molecule has 110 valence electrons. The summed E-state index contributed by atoms with van der Waals surface area (Å²) in [6.45, 7) is 2.04. The van der Waals surface area contributed by atoms with Gasteiger partial charge in [0.25, 0.3) is 0 Å². The summed E-state index contributed by atoms with van der Waals surface area (Å²) in [5.74, 6) is 1.57. The summed E-state index contributed by atoms with van der Waals surface area (Å²) >= 11 is 9.18. The van der Waals surface area contributed by atoms with Gasteiger partial charge in [0.05, 0.1) is 27.6 Å². The first-order chi connectivity index (χ1) is 10.1. The summed E-state index contributed by atoms with van der Waals surface area (Å²) in [5.41, 5.74) is 1.47. The Morgan fingerprint density at radius 2 is 2.29 bits per heavy atom.